The van der Waals surface area contributed by atoms with E-state index in [0.717, 1.165) is 0 Å². The maximum absolute atomic E-state index is 12.5. The molecule has 30 heavy (non-hydrogen) atoms. The molecule has 0 aromatic heterocycles. The Balaban J connectivity index is 2.14. The molecule has 1 unspecified atom stereocenters. The zero-order chi connectivity index (χ0) is 22.1. The number of amides is 1. The highest BCUT2D eigenvalue weighted by Crippen LogP contribution is 2.31. The molecule has 162 valence electrons. The van der Waals surface area contributed by atoms with Gasteiger partial charge in [-0.3, -0.25) is 9.59 Å². The minimum atomic E-state index is -2.92. The van der Waals surface area contributed by atoms with Crippen LogP contribution in [0.4, 0.5) is 8.78 Å². The molecule has 2 aromatic carbocycles. The Labute approximate surface area is 172 Å². The standard InChI is InChI=1S/C21H23F2NO6/c1-27-17-9-6-14(11-18(17)28-2)16(12-20(26)29-3)24-19(25)10-13-4-7-15(8-5-13)30-21(22)23/h4-9,11,16,21H,10,12H2,1-3H3,(H,24,25). The summed E-state index contributed by atoms with van der Waals surface area (Å²) in [6, 6.07) is 10.1. The van der Waals surface area contributed by atoms with E-state index in [1.54, 1.807) is 18.2 Å². The van der Waals surface area contributed by atoms with Crippen molar-refractivity contribution in [1.82, 2.24) is 5.32 Å². The molecule has 1 atom stereocenters. The van der Waals surface area contributed by atoms with Gasteiger partial charge in [-0.25, -0.2) is 0 Å². The van der Waals surface area contributed by atoms with Gasteiger partial charge in [-0.15, -0.1) is 0 Å². The molecule has 0 radical (unpaired) electrons. The van der Waals surface area contributed by atoms with Gasteiger partial charge in [0.15, 0.2) is 11.5 Å². The Morgan fingerprint density at radius 1 is 0.967 bits per heavy atom. The van der Waals surface area contributed by atoms with Crippen LogP contribution in [-0.2, 0) is 20.7 Å². The topological polar surface area (TPSA) is 83.1 Å². The van der Waals surface area contributed by atoms with E-state index in [1.165, 1.54) is 45.6 Å². The van der Waals surface area contributed by atoms with Crippen LogP contribution >= 0.6 is 0 Å². The number of hydrogen-bond donors (Lipinski definition) is 1. The van der Waals surface area contributed by atoms with Crippen molar-refractivity contribution in [3.63, 3.8) is 0 Å². The average molecular weight is 423 g/mol. The molecule has 0 aliphatic carbocycles. The summed E-state index contributed by atoms with van der Waals surface area (Å²) in [5.74, 6) is 0.108. The van der Waals surface area contributed by atoms with Gasteiger partial charge in [0.25, 0.3) is 0 Å². The molecule has 2 aromatic rings. The van der Waals surface area contributed by atoms with E-state index in [-0.39, 0.29) is 24.5 Å². The molecule has 7 nitrogen and oxygen atoms in total. The molecule has 1 amide bonds. The zero-order valence-electron chi connectivity index (χ0n) is 16.8. The smallest absolute Gasteiger partial charge is 0.387 e. The van der Waals surface area contributed by atoms with Crippen molar-refractivity contribution < 1.29 is 37.3 Å². The van der Waals surface area contributed by atoms with Crippen molar-refractivity contribution in [3.05, 3.63) is 53.6 Å². The maximum atomic E-state index is 12.5. The Kier molecular flexibility index (Phi) is 8.40. The second kappa shape index (κ2) is 11.0. The fourth-order valence-corrected chi connectivity index (χ4v) is 2.79. The lowest BCUT2D eigenvalue weighted by Crippen LogP contribution is -2.31. The van der Waals surface area contributed by atoms with E-state index in [9.17, 15) is 18.4 Å². The number of ether oxygens (including phenoxy) is 4. The monoisotopic (exact) mass is 423 g/mol. The number of nitrogens with one attached hydrogen (secondary N) is 1. The average Bonchev–Trinajstić information content (AvgIpc) is 2.73. The summed E-state index contributed by atoms with van der Waals surface area (Å²) in [4.78, 5) is 24.4. The predicted octanol–water partition coefficient (Wildman–Crippen LogP) is 3.27. The van der Waals surface area contributed by atoms with Gasteiger partial charge < -0.3 is 24.3 Å². The van der Waals surface area contributed by atoms with Crippen molar-refractivity contribution >= 4 is 11.9 Å². The first kappa shape index (κ1) is 22.9. The van der Waals surface area contributed by atoms with Crippen molar-refractivity contribution in [2.45, 2.75) is 25.5 Å². The van der Waals surface area contributed by atoms with Crippen LogP contribution < -0.4 is 19.5 Å². The van der Waals surface area contributed by atoms with Gasteiger partial charge in [-0.2, -0.15) is 8.78 Å². The van der Waals surface area contributed by atoms with Gasteiger partial charge in [0.1, 0.15) is 5.75 Å². The Hall–Kier alpha value is -3.36. The molecule has 0 spiro atoms. The molecule has 0 saturated heterocycles. The Morgan fingerprint density at radius 3 is 2.20 bits per heavy atom. The van der Waals surface area contributed by atoms with Crippen LogP contribution in [0.2, 0.25) is 0 Å². The molecular weight excluding hydrogens is 400 g/mol. The molecule has 2 rings (SSSR count). The van der Waals surface area contributed by atoms with Crippen LogP contribution in [0.5, 0.6) is 17.2 Å². The molecule has 0 heterocycles. The largest absolute Gasteiger partial charge is 0.493 e. The lowest BCUT2D eigenvalue weighted by Gasteiger charge is -2.20. The number of methoxy groups -OCH3 is 3. The third-order valence-corrected chi connectivity index (χ3v) is 4.26. The third-order valence-electron chi connectivity index (χ3n) is 4.26. The number of esters is 1. The Bertz CT molecular complexity index is 857. The number of halogens is 2. The maximum Gasteiger partial charge on any atom is 0.387 e. The zero-order valence-corrected chi connectivity index (χ0v) is 16.8. The Morgan fingerprint density at radius 2 is 1.63 bits per heavy atom. The van der Waals surface area contributed by atoms with Gasteiger partial charge in [-0.1, -0.05) is 18.2 Å². The van der Waals surface area contributed by atoms with Crippen molar-refractivity contribution in [1.29, 1.82) is 0 Å². The van der Waals surface area contributed by atoms with Crippen molar-refractivity contribution in [3.8, 4) is 17.2 Å². The summed E-state index contributed by atoms with van der Waals surface area (Å²) in [7, 11) is 4.25. The minimum absolute atomic E-state index is 0.00283. The molecule has 9 heteroatoms. The number of carbonyl (C=O) groups is 2. The van der Waals surface area contributed by atoms with Crippen LogP contribution in [0.25, 0.3) is 0 Å². The lowest BCUT2D eigenvalue weighted by molar-refractivity contribution is -0.141. The van der Waals surface area contributed by atoms with E-state index in [2.05, 4.69) is 10.1 Å². The minimum Gasteiger partial charge on any atom is -0.493 e. The second-order valence-electron chi connectivity index (χ2n) is 6.21. The first-order chi connectivity index (χ1) is 14.4. The van der Waals surface area contributed by atoms with Gasteiger partial charge in [0, 0.05) is 0 Å². The first-order valence-electron chi connectivity index (χ1n) is 8.98. The summed E-state index contributed by atoms with van der Waals surface area (Å²) in [6.45, 7) is -2.92. The molecule has 0 aliphatic rings. The first-order valence-corrected chi connectivity index (χ1v) is 8.98. The van der Waals surface area contributed by atoms with Gasteiger partial charge in [0.2, 0.25) is 5.91 Å². The molecular formula is C21H23F2NO6. The quantitative estimate of drug-likeness (QED) is 0.591. The van der Waals surface area contributed by atoms with Crippen LogP contribution in [0, 0.1) is 0 Å². The molecule has 0 fully saturated rings. The summed E-state index contributed by atoms with van der Waals surface area (Å²) in [5, 5.41) is 2.80. The summed E-state index contributed by atoms with van der Waals surface area (Å²) >= 11 is 0. The normalized spacial score (nSPS) is 11.5. The highest BCUT2D eigenvalue weighted by molar-refractivity contribution is 5.80. The fraction of sp³-hybridized carbons (Fsp3) is 0.333. The highest BCUT2D eigenvalue weighted by atomic mass is 19.3. The highest BCUT2D eigenvalue weighted by Gasteiger charge is 2.21. The van der Waals surface area contributed by atoms with E-state index >= 15 is 0 Å². The SMILES string of the molecule is COC(=O)CC(NC(=O)Cc1ccc(OC(F)F)cc1)c1ccc(OC)c(OC)c1. The number of rotatable bonds is 10. The number of benzene rings is 2. The van der Waals surface area contributed by atoms with E-state index in [4.69, 9.17) is 14.2 Å². The van der Waals surface area contributed by atoms with Crippen LogP contribution in [0.1, 0.15) is 23.6 Å². The number of carbonyl (C=O) groups excluding carboxylic acids is 2. The molecule has 1 N–H and O–H groups in total. The molecule has 0 aliphatic heterocycles. The lowest BCUT2D eigenvalue weighted by atomic mass is 10.0. The van der Waals surface area contributed by atoms with E-state index < -0.39 is 18.6 Å². The number of hydrogen-bond acceptors (Lipinski definition) is 6. The number of alkyl halides is 2. The van der Waals surface area contributed by atoms with Gasteiger partial charge in [-0.05, 0) is 35.4 Å². The predicted molar refractivity (Wildman–Crippen MR) is 104 cm³/mol. The fourth-order valence-electron chi connectivity index (χ4n) is 2.79. The van der Waals surface area contributed by atoms with Crippen LogP contribution in [0.15, 0.2) is 42.5 Å². The van der Waals surface area contributed by atoms with E-state index in [0.29, 0.717) is 22.6 Å². The van der Waals surface area contributed by atoms with Crippen molar-refractivity contribution in [2.24, 2.45) is 0 Å². The van der Waals surface area contributed by atoms with Crippen LogP contribution in [-0.4, -0.2) is 39.8 Å². The molecule has 0 bridgehead atoms. The van der Waals surface area contributed by atoms with E-state index in [1.807, 2.05) is 0 Å². The van der Waals surface area contributed by atoms with Gasteiger partial charge in [0.05, 0.1) is 40.2 Å². The summed E-state index contributed by atoms with van der Waals surface area (Å²) in [6.07, 6.45) is -0.0984. The third kappa shape index (κ3) is 6.61. The summed E-state index contributed by atoms with van der Waals surface area (Å²) in [5.41, 5.74) is 1.23. The summed E-state index contributed by atoms with van der Waals surface area (Å²) < 4.78 is 44.0. The molecule has 0 saturated carbocycles. The van der Waals surface area contributed by atoms with Crippen LogP contribution in [0.3, 0.4) is 0 Å². The van der Waals surface area contributed by atoms with Gasteiger partial charge >= 0.3 is 12.6 Å². The van der Waals surface area contributed by atoms with Crippen molar-refractivity contribution in [2.75, 3.05) is 21.3 Å². The second-order valence-corrected chi connectivity index (χ2v) is 6.21.